The normalized spacial score (nSPS) is 20.1. The quantitative estimate of drug-likeness (QED) is 0.777. The maximum Gasteiger partial charge on any atom is 0.322 e. The highest BCUT2D eigenvalue weighted by molar-refractivity contribution is 6.30. The summed E-state index contributed by atoms with van der Waals surface area (Å²) in [5.41, 5.74) is 0. The van der Waals surface area contributed by atoms with Gasteiger partial charge >= 0.3 is 5.97 Å². The molecule has 1 saturated heterocycles. The summed E-state index contributed by atoms with van der Waals surface area (Å²) in [5.74, 6) is 0.0547. The Balaban J connectivity index is 0.00000264. The minimum Gasteiger partial charge on any atom is -0.484 e. The van der Waals surface area contributed by atoms with E-state index in [0.29, 0.717) is 23.7 Å². The molecule has 1 heterocycles. The van der Waals surface area contributed by atoms with Gasteiger partial charge in [0.15, 0.2) is 6.61 Å². The molecule has 0 radical (unpaired) electrons. The summed E-state index contributed by atoms with van der Waals surface area (Å²) in [4.78, 5) is 23.4. The molecule has 0 aromatic heterocycles. The molecular formula is C15H20Cl2N2O4. The third-order valence-corrected chi connectivity index (χ3v) is 3.69. The molecule has 23 heavy (non-hydrogen) atoms. The predicted molar refractivity (Wildman–Crippen MR) is 89.2 cm³/mol. The summed E-state index contributed by atoms with van der Waals surface area (Å²) in [6, 6.07) is 6.36. The Morgan fingerprint density at radius 1 is 1.35 bits per heavy atom. The first-order valence-electron chi connectivity index (χ1n) is 7.07. The molecule has 6 nitrogen and oxygen atoms in total. The number of esters is 1. The van der Waals surface area contributed by atoms with Gasteiger partial charge in [-0.3, -0.25) is 9.59 Å². The molecule has 1 fully saturated rings. The monoisotopic (exact) mass is 362 g/mol. The summed E-state index contributed by atoms with van der Waals surface area (Å²) in [7, 11) is 1.35. The number of hydrogen-bond acceptors (Lipinski definition) is 5. The van der Waals surface area contributed by atoms with E-state index < -0.39 is 0 Å². The largest absolute Gasteiger partial charge is 0.484 e. The van der Waals surface area contributed by atoms with Gasteiger partial charge in [0.1, 0.15) is 11.8 Å². The van der Waals surface area contributed by atoms with Crippen molar-refractivity contribution in [1.29, 1.82) is 0 Å². The van der Waals surface area contributed by atoms with Gasteiger partial charge in [-0.25, -0.2) is 0 Å². The molecule has 1 aliphatic rings. The Bertz CT molecular complexity index is 525. The number of carbonyl (C=O) groups is 2. The lowest BCUT2D eigenvalue weighted by Gasteiger charge is -2.29. The van der Waals surface area contributed by atoms with Gasteiger partial charge in [-0.15, -0.1) is 12.4 Å². The molecule has 0 bridgehead atoms. The summed E-state index contributed by atoms with van der Waals surface area (Å²) in [6.45, 7) is 0.581. The van der Waals surface area contributed by atoms with Crippen molar-refractivity contribution in [3.8, 4) is 5.75 Å². The van der Waals surface area contributed by atoms with Crippen molar-refractivity contribution in [2.45, 2.75) is 24.9 Å². The lowest BCUT2D eigenvalue weighted by Crippen LogP contribution is -2.51. The molecule has 2 unspecified atom stereocenters. The SMILES string of the molecule is COC(=O)C1CC(NC(=O)COc2ccc(Cl)cc2)CCN1.Cl. The van der Waals surface area contributed by atoms with Crippen LogP contribution in [0.4, 0.5) is 0 Å². The molecule has 0 spiro atoms. The summed E-state index contributed by atoms with van der Waals surface area (Å²) in [5, 5.41) is 6.55. The second-order valence-corrected chi connectivity index (χ2v) is 5.50. The van der Waals surface area contributed by atoms with Crippen LogP contribution in [0.2, 0.25) is 5.02 Å². The molecule has 1 aliphatic heterocycles. The van der Waals surface area contributed by atoms with Crippen LogP contribution in [0.1, 0.15) is 12.8 Å². The van der Waals surface area contributed by atoms with Crippen LogP contribution in [0.3, 0.4) is 0 Å². The molecular weight excluding hydrogens is 343 g/mol. The van der Waals surface area contributed by atoms with Crippen LogP contribution in [0.5, 0.6) is 5.75 Å². The molecule has 2 N–H and O–H groups in total. The number of carbonyl (C=O) groups excluding carboxylic acids is 2. The highest BCUT2D eigenvalue weighted by atomic mass is 35.5. The fourth-order valence-electron chi connectivity index (χ4n) is 2.32. The van der Waals surface area contributed by atoms with E-state index in [2.05, 4.69) is 10.6 Å². The minimum absolute atomic E-state index is 0. The number of halogens is 2. The van der Waals surface area contributed by atoms with Crippen LogP contribution in [0, 0.1) is 0 Å². The highest BCUT2D eigenvalue weighted by Crippen LogP contribution is 2.15. The van der Waals surface area contributed by atoms with Crippen molar-refractivity contribution in [3.05, 3.63) is 29.3 Å². The second kappa shape index (κ2) is 9.60. The molecule has 128 valence electrons. The minimum atomic E-state index is -0.374. The molecule has 1 aromatic rings. The zero-order chi connectivity index (χ0) is 15.9. The van der Waals surface area contributed by atoms with E-state index in [1.165, 1.54) is 7.11 Å². The molecule has 1 amide bonds. The van der Waals surface area contributed by atoms with Crippen molar-refractivity contribution in [2.24, 2.45) is 0 Å². The number of rotatable bonds is 5. The van der Waals surface area contributed by atoms with Crippen molar-refractivity contribution < 1.29 is 19.1 Å². The van der Waals surface area contributed by atoms with Gasteiger partial charge in [0, 0.05) is 11.1 Å². The number of piperidine rings is 1. The van der Waals surface area contributed by atoms with E-state index in [1.807, 2.05) is 0 Å². The third kappa shape index (κ3) is 6.25. The number of benzene rings is 1. The summed E-state index contributed by atoms with van der Waals surface area (Å²) >= 11 is 5.78. The number of hydrogen-bond donors (Lipinski definition) is 2. The first kappa shape index (κ1) is 19.5. The van der Waals surface area contributed by atoms with Gasteiger partial charge in [0.05, 0.1) is 7.11 Å². The summed E-state index contributed by atoms with van der Waals surface area (Å²) in [6.07, 6.45) is 1.28. The van der Waals surface area contributed by atoms with Crippen molar-refractivity contribution in [3.63, 3.8) is 0 Å². The van der Waals surface area contributed by atoms with Gasteiger partial charge in [0.25, 0.3) is 5.91 Å². The van der Waals surface area contributed by atoms with Crippen LogP contribution in [-0.4, -0.2) is 44.2 Å². The summed E-state index contributed by atoms with van der Waals surface area (Å²) < 4.78 is 10.1. The van der Waals surface area contributed by atoms with Crippen LogP contribution < -0.4 is 15.4 Å². The zero-order valence-electron chi connectivity index (χ0n) is 12.7. The van der Waals surface area contributed by atoms with Crippen molar-refractivity contribution in [2.75, 3.05) is 20.3 Å². The van der Waals surface area contributed by atoms with Crippen LogP contribution >= 0.6 is 24.0 Å². The van der Waals surface area contributed by atoms with E-state index in [0.717, 1.165) is 6.42 Å². The Morgan fingerprint density at radius 3 is 2.70 bits per heavy atom. The van der Waals surface area contributed by atoms with Crippen LogP contribution in [0.15, 0.2) is 24.3 Å². The lowest BCUT2D eigenvalue weighted by atomic mass is 9.99. The Kier molecular flexibility index (Phi) is 8.16. The Morgan fingerprint density at radius 2 is 2.04 bits per heavy atom. The predicted octanol–water partition coefficient (Wildman–Crippen LogP) is 1.55. The maximum absolute atomic E-state index is 11.9. The van der Waals surface area contributed by atoms with Gasteiger partial charge in [-0.1, -0.05) is 11.6 Å². The average Bonchev–Trinajstić information content (AvgIpc) is 2.54. The van der Waals surface area contributed by atoms with E-state index in [-0.39, 0.29) is 43.0 Å². The molecule has 0 aliphatic carbocycles. The molecule has 1 aromatic carbocycles. The zero-order valence-corrected chi connectivity index (χ0v) is 14.3. The smallest absolute Gasteiger partial charge is 0.322 e. The first-order chi connectivity index (χ1) is 10.6. The number of methoxy groups -OCH3 is 1. The second-order valence-electron chi connectivity index (χ2n) is 5.06. The molecule has 2 rings (SSSR count). The Labute approximate surface area is 146 Å². The van der Waals surface area contributed by atoms with Gasteiger partial charge in [-0.2, -0.15) is 0 Å². The van der Waals surface area contributed by atoms with E-state index in [9.17, 15) is 9.59 Å². The molecule has 2 atom stereocenters. The molecule has 0 saturated carbocycles. The van der Waals surface area contributed by atoms with Crippen molar-refractivity contribution in [1.82, 2.24) is 10.6 Å². The topological polar surface area (TPSA) is 76.7 Å². The fourth-order valence-corrected chi connectivity index (χ4v) is 2.45. The van der Waals surface area contributed by atoms with Crippen LogP contribution in [-0.2, 0) is 14.3 Å². The van der Waals surface area contributed by atoms with Gasteiger partial charge < -0.3 is 20.1 Å². The Hall–Kier alpha value is -1.50. The van der Waals surface area contributed by atoms with Crippen molar-refractivity contribution >= 4 is 35.9 Å². The van der Waals surface area contributed by atoms with E-state index >= 15 is 0 Å². The van der Waals surface area contributed by atoms with Crippen LogP contribution in [0.25, 0.3) is 0 Å². The third-order valence-electron chi connectivity index (χ3n) is 3.44. The average molecular weight is 363 g/mol. The van der Waals surface area contributed by atoms with Gasteiger partial charge in [0.2, 0.25) is 0 Å². The lowest BCUT2D eigenvalue weighted by molar-refractivity contribution is -0.144. The number of amides is 1. The first-order valence-corrected chi connectivity index (χ1v) is 7.45. The van der Waals surface area contributed by atoms with Gasteiger partial charge in [-0.05, 0) is 43.7 Å². The van der Waals surface area contributed by atoms with E-state index in [1.54, 1.807) is 24.3 Å². The standard InChI is InChI=1S/C15H19ClN2O4.ClH/c1-21-15(20)13-8-11(6-7-17-13)18-14(19)9-22-12-4-2-10(16)3-5-12;/h2-5,11,13,17H,6-9H2,1H3,(H,18,19);1H. The van der Waals surface area contributed by atoms with E-state index in [4.69, 9.17) is 21.1 Å². The fraction of sp³-hybridized carbons (Fsp3) is 0.467. The number of ether oxygens (including phenoxy) is 2. The maximum atomic E-state index is 11.9. The number of nitrogens with one attached hydrogen (secondary N) is 2. The molecule has 8 heteroatoms. The highest BCUT2D eigenvalue weighted by Gasteiger charge is 2.28.